The molecule has 0 N–H and O–H groups in total. The first-order valence-electron chi connectivity index (χ1n) is 9.85. The Bertz CT molecular complexity index is 798. The summed E-state index contributed by atoms with van der Waals surface area (Å²) in [6, 6.07) is 3.58. The Hall–Kier alpha value is -1.65. The molecule has 2 aliphatic heterocycles. The SMILES string of the molecule is O=C(CCN1CCN(S(=O)(=O)c2ccc(C(F)(F)F)cc2)CC1)N1CCCCC1. The maximum Gasteiger partial charge on any atom is 0.416 e. The highest BCUT2D eigenvalue weighted by Crippen LogP contribution is 2.30. The number of piperazine rings is 1. The van der Waals surface area contributed by atoms with Crippen LogP contribution >= 0.6 is 0 Å². The Morgan fingerprint density at radius 1 is 0.897 bits per heavy atom. The van der Waals surface area contributed by atoms with Gasteiger partial charge in [-0.2, -0.15) is 17.5 Å². The number of nitrogens with zero attached hydrogens (tertiary/aromatic N) is 3. The zero-order valence-electron chi connectivity index (χ0n) is 16.2. The van der Waals surface area contributed by atoms with Crippen molar-refractivity contribution >= 4 is 15.9 Å². The molecule has 1 amide bonds. The number of alkyl halides is 3. The van der Waals surface area contributed by atoms with Crippen LogP contribution in [0.15, 0.2) is 29.2 Å². The second-order valence-electron chi connectivity index (χ2n) is 7.46. The molecule has 6 nitrogen and oxygen atoms in total. The molecule has 0 radical (unpaired) electrons. The Kier molecular flexibility index (Phi) is 6.85. The predicted molar refractivity (Wildman–Crippen MR) is 102 cm³/mol. The molecule has 2 heterocycles. The van der Waals surface area contributed by atoms with E-state index in [0.29, 0.717) is 26.1 Å². The lowest BCUT2D eigenvalue weighted by Crippen LogP contribution is -2.49. The van der Waals surface area contributed by atoms with Gasteiger partial charge >= 0.3 is 6.18 Å². The number of piperidine rings is 1. The zero-order valence-corrected chi connectivity index (χ0v) is 17.0. The fourth-order valence-electron chi connectivity index (χ4n) is 3.71. The number of benzene rings is 1. The predicted octanol–water partition coefficient (Wildman–Crippen LogP) is 2.41. The monoisotopic (exact) mass is 433 g/mol. The van der Waals surface area contributed by atoms with Crippen LogP contribution in [0.25, 0.3) is 0 Å². The molecule has 0 saturated carbocycles. The molecule has 2 aliphatic rings. The van der Waals surface area contributed by atoms with E-state index < -0.39 is 21.8 Å². The maximum atomic E-state index is 12.7. The van der Waals surface area contributed by atoms with Gasteiger partial charge in [0.05, 0.1) is 10.5 Å². The summed E-state index contributed by atoms with van der Waals surface area (Å²) in [6.07, 6.45) is -0.817. The molecule has 2 fully saturated rings. The van der Waals surface area contributed by atoms with Crippen LogP contribution in [0.5, 0.6) is 0 Å². The first kappa shape index (κ1) is 22.0. The van der Waals surface area contributed by atoms with Gasteiger partial charge in [-0.1, -0.05) is 0 Å². The van der Waals surface area contributed by atoms with Gasteiger partial charge in [0, 0.05) is 52.2 Å². The summed E-state index contributed by atoms with van der Waals surface area (Å²) in [5.41, 5.74) is -0.875. The summed E-state index contributed by atoms with van der Waals surface area (Å²) >= 11 is 0. The molecule has 2 saturated heterocycles. The van der Waals surface area contributed by atoms with Crippen molar-refractivity contribution in [1.29, 1.82) is 0 Å². The fraction of sp³-hybridized carbons (Fsp3) is 0.632. The molecule has 1 aromatic rings. The lowest BCUT2D eigenvalue weighted by atomic mass is 10.1. The zero-order chi connectivity index (χ0) is 21.1. The van der Waals surface area contributed by atoms with Gasteiger partial charge in [0.1, 0.15) is 0 Å². The fourth-order valence-corrected chi connectivity index (χ4v) is 5.14. The molecule has 1 aromatic carbocycles. The second kappa shape index (κ2) is 9.01. The number of halogens is 3. The largest absolute Gasteiger partial charge is 0.416 e. The summed E-state index contributed by atoms with van der Waals surface area (Å²) in [6.45, 7) is 3.71. The van der Waals surface area contributed by atoms with Crippen LogP contribution < -0.4 is 0 Å². The van der Waals surface area contributed by atoms with E-state index in [2.05, 4.69) is 4.90 Å². The number of sulfonamides is 1. The van der Waals surface area contributed by atoms with Crippen molar-refractivity contribution in [2.24, 2.45) is 0 Å². The maximum absolute atomic E-state index is 12.7. The minimum Gasteiger partial charge on any atom is -0.343 e. The molecule has 3 rings (SSSR count). The molecule has 0 unspecified atom stereocenters. The van der Waals surface area contributed by atoms with Crippen molar-refractivity contribution in [3.63, 3.8) is 0 Å². The molecule has 29 heavy (non-hydrogen) atoms. The Morgan fingerprint density at radius 3 is 2.03 bits per heavy atom. The van der Waals surface area contributed by atoms with Gasteiger partial charge in [-0.05, 0) is 43.5 Å². The van der Waals surface area contributed by atoms with Crippen molar-refractivity contribution < 1.29 is 26.4 Å². The van der Waals surface area contributed by atoms with Gasteiger partial charge in [0.25, 0.3) is 0 Å². The van der Waals surface area contributed by atoms with Crippen molar-refractivity contribution in [2.75, 3.05) is 45.8 Å². The third-order valence-electron chi connectivity index (χ3n) is 5.50. The van der Waals surface area contributed by atoms with E-state index in [0.717, 1.165) is 50.2 Å². The number of likely N-dealkylation sites (tertiary alicyclic amines) is 1. The molecule has 0 aromatic heterocycles. The van der Waals surface area contributed by atoms with Gasteiger partial charge in [-0.15, -0.1) is 0 Å². The van der Waals surface area contributed by atoms with Crippen LogP contribution in [0, 0.1) is 0 Å². The van der Waals surface area contributed by atoms with E-state index in [-0.39, 0.29) is 23.9 Å². The number of carbonyl (C=O) groups excluding carboxylic acids is 1. The minimum atomic E-state index is -4.50. The highest BCUT2D eigenvalue weighted by atomic mass is 32.2. The van der Waals surface area contributed by atoms with Crippen molar-refractivity contribution in [3.05, 3.63) is 29.8 Å². The molecular formula is C19H26F3N3O3S. The van der Waals surface area contributed by atoms with Crippen molar-refractivity contribution in [3.8, 4) is 0 Å². The lowest BCUT2D eigenvalue weighted by molar-refractivity contribution is -0.137. The van der Waals surface area contributed by atoms with Crippen molar-refractivity contribution in [2.45, 2.75) is 36.8 Å². The summed E-state index contributed by atoms with van der Waals surface area (Å²) in [7, 11) is -3.83. The third kappa shape index (κ3) is 5.49. The topological polar surface area (TPSA) is 60.9 Å². The van der Waals surface area contributed by atoms with E-state index >= 15 is 0 Å². The Labute approximate surface area is 169 Å². The smallest absolute Gasteiger partial charge is 0.343 e. The van der Waals surface area contributed by atoms with Crippen LogP contribution in [0.1, 0.15) is 31.2 Å². The number of rotatable bonds is 5. The molecule has 10 heteroatoms. The number of carbonyl (C=O) groups is 1. The van der Waals surface area contributed by atoms with Gasteiger partial charge in [-0.25, -0.2) is 8.42 Å². The molecule has 0 atom stereocenters. The molecule has 0 aliphatic carbocycles. The normalized spacial score (nSPS) is 20.0. The van der Waals surface area contributed by atoms with Crippen LogP contribution in [-0.2, 0) is 21.0 Å². The lowest BCUT2D eigenvalue weighted by Gasteiger charge is -2.34. The van der Waals surface area contributed by atoms with Gasteiger partial charge < -0.3 is 9.80 Å². The number of hydrogen-bond donors (Lipinski definition) is 0. The summed E-state index contributed by atoms with van der Waals surface area (Å²) < 4.78 is 64.7. The van der Waals surface area contributed by atoms with Gasteiger partial charge in [0.15, 0.2) is 0 Å². The summed E-state index contributed by atoms with van der Waals surface area (Å²) in [5.74, 6) is 0.143. The minimum absolute atomic E-state index is 0.140. The van der Waals surface area contributed by atoms with Gasteiger partial charge in [0.2, 0.25) is 15.9 Å². The van der Waals surface area contributed by atoms with Crippen LogP contribution in [-0.4, -0.2) is 74.2 Å². The summed E-state index contributed by atoms with van der Waals surface area (Å²) in [4.78, 5) is 16.1. The average Bonchev–Trinajstić information content (AvgIpc) is 2.72. The van der Waals surface area contributed by atoms with Crippen LogP contribution in [0.4, 0.5) is 13.2 Å². The van der Waals surface area contributed by atoms with Crippen molar-refractivity contribution in [1.82, 2.24) is 14.1 Å². The van der Waals surface area contributed by atoms with Crippen LogP contribution in [0.3, 0.4) is 0 Å². The number of hydrogen-bond acceptors (Lipinski definition) is 4. The summed E-state index contributed by atoms with van der Waals surface area (Å²) in [5, 5.41) is 0. The quantitative estimate of drug-likeness (QED) is 0.716. The molecule has 0 bridgehead atoms. The molecule has 0 spiro atoms. The average molecular weight is 433 g/mol. The first-order valence-corrected chi connectivity index (χ1v) is 11.3. The third-order valence-corrected chi connectivity index (χ3v) is 7.41. The second-order valence-corrected chi connectivity index (χ2v) is 9.40. The Balaban J connectivity index is 1.51. The van der Waals surface area contributed by atoms with Crippen LogP contribution in [0.2, 0.25) is 0 Å². The standard InChI is InChI=1S/C19H26F3N3O3S/c20-19(21,22)16-4-6-17(7-5-16)29(27,28)25-14-12-23(13-15-25)11-8-18(26)24-9-2-1-3-10-24/h4-7H,1-3,8-15H2. The van der Waals surface area contributed by atoms with E-state index in [1.165, 1.54) is 10.7 Å². The van der Waals surface area contributed by atoms with E-state index in [1.54, 1.807) is 0 Å². The van der Waals surface area contributed by atoms with E-state index in [1.807, 2.05) is 4.90 Å². The van der Waals surface area contributed by atoms with E-state index in [9.17, 15) is 26.4 Å². The van der Waals surface area contributed by atoms with E-state index in [4.69, 9.17) is 0 Å². The Morgan fingerprint density at radius 2 is 1.48 bits per heavy atom. The van der Waals surface area contributed by atoms with Gasteiger partial charge in [-0.3, -0.25) is 4.79 Å². The molecule has 162 valence electrons. The highest BCUT2D eigenvalue weighted by Gasteiger charge is 2.32. The highest BCUT2D eigenvalue weighted by molar-refractivity contribution is 7.89. The number of amides is 1. The molecular weight excluding hydrogens is 407 g/mol. The first-order chi connectivity index (χ1) is 13.7.